The number of carbonyl (C=O) groups is 2. The summed E-state index contributed by atoms with van der Waals surface area (Å²) < 4.78 is 39.9. The number of piperidine rings is 1. The van der Waals surface area contributed by atoms with Crippen molar-refractivity contribution in [2.75, 3.05) is 26.2 Å². The van der Waals surface area contributed by atoms with Crippen molar-refractivity contribution in [3.63, 3.8) is 0 Å². The maximum Gasteiger partial charge on any atom is 0.417 e. The van der Waals surface area contributed by atoms with Gasteiger partial charge in [0.05, 0.1) is 10.6 Å². The summed E-state index contributed by atoms with van der Waals surface area (Å²) in [6, 6.07) is 5.02. The normalized spacial score (nSPS) is 18.9. The van der Waals surface area contributed by atoms with E-state index in [9.17, 15) is 22.8 Å². The van der Waals surface area contributed by atoms with Gasteiger partial charge in [-0.1, -0.05) is 17.7 Å². The molecule has 0 radical (unpaired) electrons. The predicted molar refractivity (Wildman–Crippen MR) is 111 cm³/mol. The van der Waals surface area contributed by atoms with Crippen molar-refractivity contribution in [1.82, 2.24) is 19.6 Å². The van der Waals surface area contributed by atoms with Gasteiger partial charge in [0.1, 0.15) is 0 Å². The minimum absolute atomic E-state index is 0.0432. The topological polar surface area (TPSA) is 84.5 Å². The molecule has 11 heteroatoms. The Morgan fingerprint density at radius 1 is 1.12 bits per heavy atom. The molecule has 2 aromatic rings. The van der Waals surface area contributed by atoms with Gasteiger partial charge in [-0.05, 0) is 55.0 Å². The van der Waals surface area contributed by atoms with E-state index in [2.05, 4.69) is 10.00 Å². The highest BCUT2D eigenvalue weighted by molar-refractivity contribution is 6.31. The average Bonchev–Trinajstić information content (AvgIpc) is 3.35. The molecule has 2 N–H and O–H groups in total. The predicted octanol–water partition coefficient (Wildman–Crippen LogP) is 3.61. The second-order valence-corrected chi connectivity index (χ2v) is 8.96. The number of amides is 2. The Labute approximate surface area is 187 Å². The number of aromatic nitrogens is 2. The molecule has 0 unspecified atom stereocenters. The number of rotatable bonds is 3. The fourth-order valence-corrected chi connectivity index (χ4v) is 4.91. The third-order valence-corrected chi connectivity index (χ3v) is 6.71. The molecule has 0 aliphatic carbocycles. The molecule has 1 aromatic carbocycles. The van der Waals surface area contributed by atoms with Crippen molar-refractivity contribution < 1.29 is 22.8 Å². The molecule has 2 aliphatic heterocycles. The molecule has 1 aromatic heterocycles. The highest BCUT2D eigenvalue weighted by Gasteiger charge is 2.41. The van der Waals surface area contributed by atoms with E-state index >= 15 is 0 Å². The van der Waals surface area contributed by atoms with Gasteiger partial charge in [0.15, 0.2) is 5.69 Å². The standard InChI is InChI=1S/C21H23ClF3N5O2/c22-16-11-14(1-2-15(16)21(23,24)25)12-28-8-4-20(13-28)5-9-29(10-6-20)19(32)30-7-3-17(27-30)18(26)31/h1-3,7,11H,4-6,8-10,12-13H2,(H2,26,31). The Bertz CT molecular complexity index is 1030. The fraction of sp³-hybridized carbons (Fsp3) is 0.476. The van der Waals surface area contributed by atoms with Crippen LogP contribution in [0.5, 0.6) is 0 Å². The molecule has 3 heterocycles. The lowest BCUT2D eigenvalue weighted by Crippen LogP contribution is -2.45. The van der Waals surface area contributed by atoms with Crippen molar-refractivity contribution in [3.05, 3.63) is 52.3 Å². The molecule has 7 nitrogen and oxygen atoms in total. The Morgan fingerprint density at radius 2 is 1.81 bits per heavy atom. The van der Waals surface area contributed by atoms with E-state index in [0.29, 0.717) is 19.6 Å². The zero-order valence-corrected chi connectivity index (χ0v) is 18.0. The summed E-state index contributed by atoms with van der Waals surface area (Å²) in [7, 11) is 0. The number of primary amides is 1. The monoisotopic (exact) mass is 469 g/mol. The first-order chi connectivity index (χ1) is 15.1. The number of halogens is 4. The van der Waals surface area contributed by atoms with Crippen LogP contribution in [-0.2, 0) is 12.7 Å². The lowest BCUT2D eigenvalue weighted by Gasteiger charge is -2.39. The summed E-state index contributed by atoms with van der Waals surface area (Å²) in [5, 5.41) is 3.64. The van der Waals surface area contributed by atoms with Crippen molar-refractivity contribution in [2.24, 2.45) is 11.1 Å². The van der Waals surface area contributed by atoms with Crippen molar-refractivity contribution in [1.29, 1.82) is 0 Å². The van der Waals surface area contributed by atoms with E-state index in [1.54, 1.807) is 4.90 Å². The molecule has 2 fully saturated rings. The smallest absolute Gasteiger partial charge is 0.364 e. The third kappa shape index (κ3) is 4.61. The minimum Gasteiger partial charge on any atom is -0.364 e. The molecule has 4 rings (SSSR count). The van der Waals surface area contributed by atoms with Crippen LogP contribution in [0.15, 0.2) is 30.5 Å². The Morgan fingerprint density at radius 3 is 2.41 bits per heavy atom. The van der Waals surface area contributed by atoms with Gasteiger partial charge < -0.3 is 10.6 Å². The van der Waals surface area contributed by atoms with Crippen LogP contribution in [0.25, 0.3) is 0 Å². The molecule has 32 heavy (non-hydrogen) atoms. The summed E-state index contributed by atoms with van der Waals surface area (Å²) in [5.41, 5.74) is 5.23. The molecular formula is C21H23ClF3N5O2. The van der Waals surface area contributed by atoms with Crippen molar-refractivity contribution >= 4 is 23.5 Å². The van der Waals surface area contributed by atoms with Crippen LogP contribution in [-0.4, -0.2) is 57.7 Å². The number of nitrogens with zero attached hydrogens (tertiary/aromatic N) is 4. The quantitative estimate of drug-likeness (QED) is 0.744. The zero-order chi connectivity index (χ0) is 23.1. The molecule has 2 saturated heterocycles. The zero-order valence-electron chi connectivity index (χ0n) is 17.2. The molecule has 1 spiro atoms. The third-order valence-electron chi connectivity index (χ3n) is 6.39. The number of alkyl halides is 3. The van der Waals surface area contributed by atoms with Crippen LogP contribution < -0.4 is 5.73 Å². The number of hydrogen-bond donors (Lipinski definition) is 1. The highest BCUT2D eigenvalue weighted by Crippen LogP contribution is 2.41. The van der Waals surface area contributed by atoms with E-state index in [-0.39, 0.29) is 22.2 Å². The van der Waals surface area contributed by atoms with Crippen LogP contribution in [0.4, 0.5) is 18.0 Å². The maximum atomic E-state index is 12.9. The number of benzene rings is 1. The van der Waals surface area contributed by atoms with Crippen molar-refractivity contribution in [3.8, 4) is 0 Å². The first kappa shape index (κ1) is 22.6. The van der Waals surface area contributed by atoms with Crippen LogP contribution in [0.2, 0.25) is 5.02 Å². The number of nitrogens with two attached hydrogens (primary N) is 1. The first-order valence-electron chi connectivity index (χ1n) is 10.3. The summed E-state index contributed by atoms with van der Waals surface area (Å²) in [6.07, 6.45) is -0.410. The number of likely N-dealkylation sites (tertiary alicyclic amines) is 2. The Kier molecular flexibility index (Phi) is 5.93. The van der Waals surface area contributed by atoms with Gasteiger partial charge in [0.25, 0.3) is 5.91 Å². The summed E-state index contributed by atoms with van der Waals surface area (Å²) in [6.45, 7) is 3.34. The second-order valence-electron chi connectivity index (χ2n) is 8.55. The van der Waals surface area contributed by atoms with E-state index in [1.807, 2.05) is 0 Å². The van der Waals surface area contributed by atoms with Crippen LogP contribution in [0.1, 0.15) is 40.9 Å². The Hall–Kier alpha value is -2.59. The SMILES string of the molecule is NC(=O)c1ccn(C(=O)N2CCC3(CCN(Cc4ccc(C(F)(F)F)c(Cl)c4)C3)CC2)n1. The Balaban J connectivity index is 1.33. The van der Waals surface area contributed by atoms with E-state index < -0.39 is 17.6 Å². The summed E-state index contributed by atoms with van der Waals surface area (Å²) in [5.74, 6) is -0.686. The van der Waals surface area contributed by atoms with Gasteiger partial charge in [0.2, 0.25) is 0 Å². The number of carbonyl (C=O) groups excluding carboxylic acids is 2. The molecule has 0 bridgehead atoms. The van der Waals surface area contributed by atoms with Crippen LogP contribution in [0.3, 0.4) is 0 Å². The number of hydrogen-bond acceptors (Lipinski definition) is 4. The molecular weight excluding hydrogens is 447 g/mol. The van der Waals surface area contributed by atoms with Gasteiger partial charge in [-0.25, -0.2) is 4.79 Å². The second kappa shape index (κ2) is 8.40. The van der Waals surface area contributed by atoms with E-state index in [0.717, 1.165) is 48.7 Å². The lowest BCUT2D eigenvalue weighted by atomic mass is 9.78. The minimum atomic E-state index is -4.46. The van der Waals surface area contributed by atoms with Gasteiger partial charge in [-0.2, -0.15) is 23.0 Å². The molecule has 2 amide bonds. The largest absolute Gasteiger partial charge is 0.417 e. The lowest BCUT2D eigenvalue weighted by molar-refractivity contribution is -0.137. The van der Waals surface area contributed by atoms with Gasteiger partial charge in [0, 0.05) is 32.4 Å². The molecule has 2 aliphatic rings. The fourth-order valence-electron chi connectivity index (χ4n) is 4.59. The van der Waals surface area contributed by atoms with Gasteiger partial charge in [-0.3, -0.25) is 9.69 Å². The van der Waals surface area contributed by atoms with Crippen molar-refractivity contribution in [2.45, 2.75) is 32.0 Å². The molecule has 0 saturated carbocycles. The molecule has 172 valence electrons. The maximum absolute atomic E-state index is 12.9. The van der Waals surface area contributed by atoms with E-state index in [4.69, 9.17) is 17.3 Å². The molecule has 0 atom stereocenters. The van der Waals surface area contributed by atoms with Gasteiger partial charge in [-0.15, -0.1) is 0 Å². The van der Waals surface area contributed by atoms with Crippen LogP contribution in [0, 0.1) is 5.41 Å². The average molecular weight is 470 g/mol. The van der Waals surface area contributed by atoms with E-state index in [1.165, 1.54) is 24.4 Å². The van der Waals surface area contributed by atoms with Crippen LogP contribution >= 0.6 is 11.6 Å². The summed E-state index contributed by atoms with van der Waals surface area (Å²) in [4.78, 5) is 27.8. The summed E-state index contributed by atoms with van der Waals surface area (Å²) >= 11 is 5.85. The van der Waals surface area contributed by atoms with Gasteiger partial charge >= 0.3 is 12.2 Å². The highest BCUT2D eigenvalue weighted by atomic mass is 35.5. The first-order valence-corrected chi connectivity index (χ1v) is 10.7.